The summed E-state index contributed by atoms with van der Waals surface area (Å²) in [6.45, 7) is 2.00. The summed E-state index contributed by atoms with van der Waals surface area (Å²) < 4.78 is 0. The minimum atomic E-state index is -0.528. The molecule has 3 N–H and O–H groups in total. The zero-order valence-electron chi connectivity index (χ0n) is 14.3. The molecule has 6 nitrogen and oxygen atoms in total. The van der Waals surface area contributed by atoms with Gasteiger partial charge in [-0.3, -0.25) is 9.59 Å². The number of rotatable bonds is 7. The smallest absolute Gasteiger partial charge is 0.267 e. The molecule has 2 rings (SSSR count). The molecule has 0 aliphatic rings. The van der Waals surface area contributed by atoms with Crippen LogP contribution in [0.1, 0.15) is 22.8 Å². The van der Waals surface area contributed by atoms with Gasteiger partial charge in [-0.15, -0.1) is 0 Å². The number of nitriles is 1. The van der Waals surface area contributed by atoms with Gasteiger partial charge in [-0.25, -0.2) is 0 Å². The lowest BCUT2D eigenvalue weighted by molar-refractivity contribution is -0.112. The highest BCUT2D eigenvalue weighted by atomic mass is 16.3. The fraction of sp³-hybridized carbons (Fsp3) is 0.150. The summed E-state index contributed by atoms with van der Waals surface area (Å²) in [7, 11) is 0. The third kappa shape index (κ3) is 5.49. The van der Waals surface area contributed by atoms with Crippen molar-refractivity contribution in [1.82, 2.24) is 5.32 Å². The van der Waals surface area contributed by atoms with Gasteiger partial charge in [-0.2, -0.15) is 5.26 Å². The highest BCUT2D eigenvalue weighted by molar-refractivity contribution is 6.06. The zero-order valence-corrected chi connectivity index (χ0v) is 14.3. The lowest BCUT2D eigenvalue weighted by Crippen LogP contribution is -2.18. The molecule has 1 amide bonds. The zero-order chi connectivity index (χ0) is 18.9. The Hall–Kier alpha value is -3.59. The molecule has 0 heterocycles. The van der Waals surface area contributed by atoms with E-state index < -0.39 is 5.91 Å². The molecule has 2 aromatic rings. The van der Waals surface area contributed by atoms with E-state index in [-0.39, 0.29) is 17.1 Å². The quantitative estimate of drug-likeness (QED) is 0.309. The number of aromatic hydroxyl groups is 1. The van der Waals surface area contributed by atoms with Crippen LogP contribution in [0.25, 0.3) is 0 Å². The Morgan fingerprint density at radius 2 is 1.77 bits per heavy atom. The summed E-state index contributed by atoms with van der Waals surface area (Å²) >= 11 is 0. The van der Waals surface area contributed by atoms with Crippen LogP contribution in [0.5, 0.6) is 5.75 Å². The van der Waals surface area contributed by atoms with Crippen molar-refractivity contribution in [3.05, 3.63) is 71.4 Å². The molecular weight excluding hydrogens is 330 g/mol. The Balaban J connectivity index is 1.88. The maximum absolute atomic E-state index is 12.1. The fourth-order valence-electron chi connectivity index (χ4n) is 2.19. The molecule has 132 valence electrons. The number of hydrogen-bond donors (Lipinski definition) is 3. The SMILES string of the molecule is CC(=O)c1ccc(NC(=O)/C(C#N)=C\NCCc2ccc(O)cc2)cc1. The lowest BCUT2D eigenvalue weighted by Gasteiger charge is -2.06. The van der Waals surface area contributed by atoms with Crippen LogP contribution < -0.4 is 10.6 Å². The number of anilines is 1. The van der Waals surface area contributed by atoms with Gasteiger partial charge in [-0.1, -0.05) is 12.1 Å². The van der Waals surface area contributed by atoms with E-state index in [1.54, 1.807) is 36.4 Å². The molecule has 0 unspecified atom stereocenters. The fourth-order valence-corrected chi connectivity index (χ4v) is 2.19. The highest BCUT2D eigenvalue weighted by Gasteiger charge is 2.09. The van der Waals surface area contributed by atoms with Gasteiger partial charge >= 0.3 is 0 Å². The molecule has 0 atom stereocenters. The first-order valence-corrected chi connectivity index (χ1v) is 8.03. The van der Waals surface area contributed by atoms with Crippen LogP contribution in [-0.2, 0) is 11.2 Å². The summed E-state index contributed by atoms with van der Waals surface area (Å²) in [5.41, 5.74) is 2.03. The summed E-state index contributed by atoms with van der Waals surface area (Å²) in [5.74, 6) is -0.375. The van der Waals surface area contributed by atoms with Crippen molar-refractivity contribution in [2.45, 2.75) is 13.3 Å². The van der Waals surface area contributed by atoms with Crippen LogP contribution in [0.4, 0.5) is 5.69 Å². The predicted molar refractivity (Wildman–Crippen MR) is 98.6 cm³/mol. The minimum Gasteiger partial charge on any atom is -0.508 e. The summed E-state index contributed by atoms with van der Waals surface area (Å²) in [5, 5.41) is 23.9. The Bertz CT molecular complexity index is 847. The Kier molecular flexibility index (Phi) is 6.52. The maximum atomic E-state index is 12.1. The summed E-state index contributed by atoms with van der Waals surface area (Å²) in [6, 6.07) is 15.1. The molecule has 0 saturated carbocycles. The van der Waals surface area contributed by atoms with Crippen molar-refractivity contribution in [3.8, 4) is 11.8 Å². The number of nitrogens with zero attached hydrogens (tertiary/aromatic N) is 1. The van der Waals surface area contributed by atoms with E-state index in [0.29, 0.717) is 24.2 Å². The molecule has 0 aliphatic heterocycles. The normalized spacial score (nSPS) is 10.7. The Morgan fingerprint density at radius 1 is 1.12 bits per heavy atom. The molecule has 2 aromatic carbocycles. The molecule has 6 heteroatoms. The van der Waals surface area contributed by atoms with Crippen molar-refractivity contribution < 1.29 is 14.7 Å². The van der Waals surface area contributed by atoms with E-state index in [9.17, 15) is 14.7 Å². The first kappa shape index (κ1) is 18.7. The summed E-state index contributed by atoms with van der Waals surface area (Å²) in [6.07, 6.45) is 2.06. The number of benzene rings is 2. The number of amides is 1. The number of Topliss-reactive ketones (excluding diaryl/α,β-unsaturated/α-hetero) is 1. The maximum Gasteiger partial charge on any atom is 0.267 e. The highest BCUT2D eigenvalue weighted by Crippen LogP contribution is 2.11. The summed E-state index contributed by atoms with van der Waals surface area (Å²) in [4.78, 5) is 23.4. The number of carbonyl (C=O) groups excluding carboxylic acids is 2. The monoisotopic (exact) mass is 349 g/mol. The molecule has 26 heavy (non-hydrogen) atoms. The molecule has 0 radical (unpaired) electrons. The van der Waals surface area contributed by atoms with Gasteiger partial charge in [0.25, 0.3) is 5.91 Å². The Labute approximate surface area is 151 Å². The third-order valence-corrected chi connectivity index (χ3v) is 3.66. The molecule has 0 saturated heterocycles. The molecule has 0 bridgehead atoms. The molecular formula is C20H19N3O3. The van der Waals surface area contributed by atoms with Crippen LogP contribution in [0.3, 0.4) is 0 Å². The average Bonchev–Trinajstić information content (AvgIpc) is 2.63. The van der Waals surface area contributed by atoms with E-state index in [4.69, 9.17) is 5.26 Å². The van der Waals surface area contributed by atoms with E-state index >= 15 is 0 Å². The minimum absolute atomic E-state index is 0.0497. The second kappa shape index (κ2) is 9.04. The van der Waals surface area contributed by atoms with Crippen molar-refractivity contribution in [3.63, 3.8) is 0 Å². The number of nitrogens with one attached hydrogen (secondary N) is 2. The van der Waals surface area contributed by atoms with E-state index in [1.807, 2.05) is 18.2 Å². The van der Waals surface area contributed by atoms with Gasteiger partial charge in [0, 0.05) is 24.0 Å². The largest absolute Gasteiger partial charge is 0.508 e. The van der Waals surface area contributed by atoms with Gasteiger partial charge in [0.15, 0.2) is 5.78 Å². The van der Waals surface area contributed by atoms with Crippen LogP contribution in [0.15, 0.2) is 60.3 Å². The average molecular weight is 349 g/mol. The van der Waals surface area contributed by atoms with Crippen molar-refractivity contribution in [1.29, 1.82) is 5.26 Å². The van der Waals surface area contributed by atoms with E-state index in [0.717, 1.165) is 5.56 Å². The van der Waals surface area contributed by atoms with E-state index in [2.05, 4.69) is 10.6 Å². The third-order valence-electron chi connectivity index (χ3n) is 3.66. The molecule has 0 aromatic heterocycles. The Morgan fingerprint density at radius 3 is 2.35 bits per heavy atom. The first-order valence-electron chi connectivity index (χ1n) is 8.03. The van der Waals surface area contributed by atoms with Gasteiger partial charge in [-0.05, 0) is 55.3 Å². The standard InChI is InChI=1S/C20H19N3O3/c1-14(24)16-4-6-18(7-5-16)23-20(26)17(12-21)13-22-11-10-15-2-8-19(25)9-3-15/h2-9,13,22,25H,10-11H2,1H3,(H,23,26)/b17-13-. The van der Waals surface area contributed by atoms with Crippen LogP contribution in [0, 0.1) is 11.3 Å². The number of hydrogen-bond acceptors (Lipinski definition) is 5. The van der Waals surface area contributed by atoms with Crippen molar-refractivity contribution in [2.75, 3.05) is 11.9 Å². The van der Waals surface area contributed by atoms with Gasteiger partial charge in [0.05, 0.1) is 0 Å². The number of phenols is 1. The van der Waals surface area contributed by atoms with Crippen molar-refractivity contribution in [2.24, 2.45) is 0 Å². The molecule has 0 fully saturated rings. The first-order chi connectivity index (χ1) is 12.5. The second-order valence-corrected chi connectivity index (χ2v) is 5.63. The molecule has 0 aliphatic carbocycles. The number of phenolic OH excluding ortho intramolecular Hbond substituents is 1. The molecule has 0 spiro atoms. The lowest BCUT2D eigenvalue weighted by atomic mass is 10.1. The predicted octanol–water partition coefficient (Wildman–Crippen LogP) is 2.77. The second-order valence-electron chi connectivity index (χ2n) is 5.63. The number of carbonyl (C=O) groups is 2. The van der Waals surface area contributed by atoms with Crippen LogP contribution in [0.2, 0.25) is 0 Å². The van der Waals surface area contributed by atoms with Crippen LogP contribution in [-0.4, -0.2) is 23.3 Å². The van der Waals surface area contributed by atoms with Gasteiger partial charge in [0.2, 0.25) is 0 Å². The topological polar surface area (TPSA) is 102 Å². The van der Waals surface area contributed by atoms with Crippen molar-refractivity contribution >= 4 is 17.4 Å². The van der Waals surface area contributed by atoms with Gasteiger partial charge < -0.3 is 15.7 Å². The van der Waals surface area contributed by atoms with E-state index in [1.165, 1.54) is 13.1 Å². The number of ketones is 1. The van der Waals surface area contributed by atoms with Gasteiger partial charge in [0.1, 0.15) is 17.4 Å². The van der Waals surface area contributed by atoms with Crippen LogP contribution >= 0.6 is 0 Å².